The highest BCUT2D eigenvalue weighted by atomic mass is 16.5. The van der Waals surface area contributed by atoms with E-state index in [9.17, 15) is 5.11 Å². The fraction of sp³-hybridized carbons (Fsp3) is 0.333. The average molecular weight is 268 g/mol. The van der Waals surface area contributed by atoms with Gasteiger partial charge in [-0.3, -0.25) is 0 Å². The Kier molecular flexibility index (Phi) is 3.17. The first-order chi connectivity index (χ1) is 9.60. The maximum absolute atomic E-state index is 10.4. The summed E-state index contributed by atoms with van der Waals surface area (Å²) < 4.78 is 5.94. The van der Waals surface area contributed by atoms with Gasteiger partial charge in [0.05, 0.1) is 0 Å². The van der Waals surface area contributed by atoms with Gasteiger partial charge in [0.15, 0.2) is 0 Å². The summed E-state index contributed by atoms with van der Waals surface area (Å²) in [6.07, 6.45) is 8.39. The highest BCUT2D eigenvalue weighted by molar-refractivity contribution is 5.60. The molecular weight excluding hydrogens is 248 g/mol. The molecule has 0 saturated heterocycles. The molecule has 0 saturated carbocycles. The van der Waals surface area contributed by atoms with Crippen molar-refractivity contribution in [1.29, 1.82) is 0 Å². The highest BCUT2D eigenvalue weighted by Gasteiger charge is 2.29. The van der Waals surface area contributed by atoms with Crippen LogP contribution in [0.5, 0.6) is 11.5 Å². The van der Waals surface area contributed by atoms with Crippen molar-refractivity contribution >= 4 is 0 Å². The lowest BCUT2D eigenvalue weighted by Gasteiger charge is -2.29. The number of rotatable bonds is 2. The molecule has 3 rings (SSSR count). The summed E-state index contributed by atoms with van der Waals surface area (Å²) in [5.41, 5.74) is 4.39. The van der Waals surface area contributed by atoms with Crippen molar-refractivity contribution < 1.29 is 9.84 Å². The van der Waals surface area contributed by atoms with Crippen LogP contribution in [0.25, 0.3) is 0 Å². The van der Waals surface area contributed by atoms with Crippen molar-refractivity contribution in [2.75, 3.05) is 0 Å². The molecule has 20 heavy (non-hydrogen) atoms. The van der Waals surface area contributed by atoms with E-state index in [-0.39, 0.29) is 5.92 Å². The van der Waals surface area contributed by atoms with E-state index in [0.717, 1.165) is 41.1 Å². The van der Waals surface area contributed by atoms with Crippen molar-refractivity contribution in [3.05, 3.63) is 58.4 Å². The number of hydrogen-bond acceptors (Lipinski definition) is 2. The minimum absolute atomic E-state index is 0.111. The Bertz CT molecular complexity index is 648. The fourth-order valence-corrected chi connectivity index (χ4v) is 3.03. The van der Waals surface area contributed by atoms with Gasteiger partial charge in [-0.25, -0.2) is 0 Å². The molecule has 0 fully saturated rings. The van der Waals surface area contributed by atoms with Crippen LogP contribution in [-0.4, -0.2) is 5.11 Å². The SMILES string of the molecule is CCCc1cc(O)c2c(c1)OC(C)=C1C=CC(C)=CC12. The normalized spacial score (nSPS) is 20.1. The van der Waals surface area contributed by atoms with E-state index in [4.69, 9.17) is 4.74 Å². The number of phenols is 1. The quantitative estimate of drug-likeness (QED) is 0.848. The molecule has 0 spiro atoms. The molecule has 1 aliphatic heterocycles. The van der Waals surface area contributed by atoms with Gasteiger partial charge in [0, 0.05) is 17.1 Å². The van der Waals surface area contributed by atoms with Gasteiger partial charge in [0.25, 0.3) is 0 Å². The summed E-state index contributed by atoms with van der Waals surface area (Å²) in [5.74, 6) is 2.19. The van der Waals surface area contributed by atoms with Crippen LogP contribution in [0.1, 0.15) is 44.2 Å². The smallest absolute Gasteiger partial charge is 0.135 e. The van der Waals surface area contributed by atoms with E-state index in [2.05, 4.69) is 38.1 Å². The molecule has 104 valence electrons. The second kappa shape index (κ2) is 4.86. The molecule has 1 N–H and O–H groups in total. The molecule has 2 nitrogen and oxygen atoms in total. The largest absolute Gasteiger partial charge is 0.507 e. The maximum atomic E-state index is 10.4. The van der Waals surface area contributed by atoms with Crippen LogP contribution in [0.4, 0.5) is 0 Å². The second-order valence-corrected chi connectivity index (χ2v) is 5.61. The molecule has 0 aromatic heterocycles. The molecular formula is C18H20O2. The predicted molar refractivity (Wildman–Crippen MR) is 81.1 cm³/mol. The summed E-state index contributed by atoms with van der Waals surface area (Å²) in [4.78, 5) is 0. The number of allylic oxidation sites excluding steroid dienone is 6. The summed E-state index contributed by atoms with van der Waals surface area (Å²) in [6, 6.07) is 3.95. The third-order valence-corrected chi connectivity index (χ3v) is 3.99. The number of hydrogen-bond donors (Lipinski definition) is 1. The van der Waals surface area contributed by atoms with Crippen LogP contribution in [0.2, 0.25) is 0 Å². The third kappa shape index (κ3) is 2.05. The first kappa shape index (κ1) is 13.0. The zero-order valence-electron chi connectivity index (χ0n) is 12.2. The molecule has 0 radical (unpaired) electrons. The van der Waals surface area contributed by atoms with Crippen molar-refractivity contribution in [1.82, 2.24) is 0 Å². The van der Waals surface area contributed by atoms with Crippen molar-refractivity contribution in [3.63, 3.8) is 0 Å². The molecule has 2 aliphatic rings. The Morgan fingerprint density at radius 1 is 1.20 bits per heavy atom. The predicted octanol–water partition coefficient (Wildman–Crippen LogP) is 4.61. The number of aromatic hydroxyl groups is 1. The first-order valence-electron chi connectivity index (χ1n) is 7.21. The second-order valence-electron chi connectivity index (χ2n) is 5.61. The van der Waals surface area contributed by atoms with Crippen LogP contribution in [-0.2, 0) is 6.42 Å². The number of aryl methyl sites for hydroxylation is 1. The van der Waals surface area contributed by atoms with E-state index in [1.54, 1.807) is 0 Å². The number of ether oxygens (including phenoxy) is 1. The lowest BCUT2D eigenvalue weighted by atomic mass is 9.82. The first-order valence-corrected chi connectivity index (χ1v) is 7.21. The lowest BCUT2D eigenvalue weighted by Crippen LogP contribution is -2.14. The van der Waals surface area contributed by atoms with Crippen LogP contribution in [0, 0.1) is 0 Å². The van der Waals surface area contributed by atoms with E-state index in [1.165, 1.54) is 5.57 Å². The van der Waals surface area contributed by atoms with Crippen LogP contribution < -0.4 is 4.74 Å². The molecule has 1 heterocycles. The van der Waals surface area contributed by atoms with Gasteiger partial charge < -0.3 is 9.84 Å². The van der Waals surface area contributed by atoms with Crippen LogP contribution in [0.3, 0.4) is 0 Å². The Hall–Kier alpha value is -1.96. The number of benzene rings is 1. The van der Waals surface area contributed by atoms with Gasteiger partial charge in [-0.05, 0) is 38.0 Å². The monoisotopic (exact) mass is 268 g/mol. The molecule has 1 unspecified atom stereocenters. The highest BCUT2D eigenvalue weighted by Crippen LogP contribution is 2.47. The molecule has 0 amide bonds. The Balaban J connectivity index is 2.14. The van der Waals surface area contributed by atoms with Gasteiger partial charge in [-0.2, -0.15) is 0 Å². The zero-order valence-corrected chi connectivity index (χ0v) is 12.2. The summed E-state index contributed by atoms with van der Waals surface area (Å²) in [5, 5.41) is 10.4. The molecule has 1 aromatic carbocycles. The average Bonchev–Trinajstić information content (AvgIpc) is 2.38. The topological polar surface area (TPSA) is 29.5 Å². The summed E-state index contributed by atoms with van der Waals surface area (Å²) in [6.45, 7) is 6.21. The zero-order chi connectivity index (χ0) is 14.3. The molecule has 1 aliphatic carbocycles. The molecule has 0 bridgehead atoms. The van der Waals surface area contributed by atoms with Gasteiger partial charge in [-0.15, -0.1) is 0 Å². The van der Waals surface area contributed by atoms with Gasteiger partial charge in [0.2, 0.25) is 0 Å². The van der Waals surface area contributed by atoms with Gasteiger partial charge in [0.1, 0.15) is 17.3 Å². The van der Waals surface area contributed by atoms with Gasteiger partial charge in [-0.1, -0.05) is 37.1 Å². The van der Waals surface area contributed by atoms with E-state index >= 15 is 0 Å². The van der Waals surface area contributed by atoms with Crippen molar-refractivity contribution in [2.45, 2.75) is 39.5 Å². The summed E-state index contributed by atoms with van der Waals surface area (Å²) >= 11 is 0. The molecule has 1 atom stereocenters. The molecule has 2 heteroatoms. The maximum Gasteiger partial charge on any atom is 0.135 e. The fourth-order valence-electron chi connectivity index (χ4n) is 3.03. The van der Waals surface area contributed by atoms with Gasteiger partial charge >= 0.3 is 0 Å². The Morgan fingerprint density at radius 3 is 2.75 bits per heavy atom. The number of fused-ring (bicyclic) bond motifs is 3. The van der Waals surface area contributed by atoms with E-state index in [1.807, 2.05) is 13.0 Å². The standard InChI is InChI=1S/C18H20O2/c1-4-5-13-9-16(19)18-15-8-11(2)6-7-14(15)12(3)20-17(18)10-13/h6-10,15,19H,4-5H2,1-3H3. The molecule has 1 aromatic rings. The Labute approximate surface area is 120 Å². The van der Waals surface area contributed by atoms with Crippen molar-refractivity contribution in [3.8, 4) is 11.5 Å². The van der Waals surface area contributed by atoms with E-state index < -0.39 is 0 Å². The minimum atomic E-state index is 0.111. The van der Waals surface area contributed by atoms with Crippen LogP contribution in [0.15, 0.2) is 47.3 Å². The van der Waals surface area contributed by atoms with E-state index in [0.29, 0.717) is 5.75 Å². The minimum Gasteiger partial charge on any atom is -0.507 e. The third-order valence-electron chi connectivity index (χ3n) is 3.99. The van der Waals surface area contributed by atoms with Crippen LogP contribution >= 0.6 is 0 Å². The number of phenolic OH excluding ortho intramolecular Hbond substituents is 1. The lowest BCUT2D eigenvalue weighted by molar-refractivity contribution is 0.388. The van der Waals surface area contributed by atoms with Crippen molar-refractivity contribution in [2.24, 2.45) is 0 Å². The summed E-state index contributed by atoms with van der Waals surface area (Å²) in [7, 11) is 0. The Morgan fingerprint density at radius 2 is 2.00 bits per heavy atom.